The number of anilines is 2. The highest BCUT2D eigenvalue weighted by Crippen LogP contribution is 2.21. The quantitative estimate of drug-likeness (QED) is 0.763. The van der Waals surface area contributed by atoms with E-state index < -0.39 is 5.54 Å². The molecule has 2 heterocycles. The van der Waals surface area contributed by atoms with Crippen molar-refractivity contribution in [3.05, 3.63) is 16.7 Å². The van der Waals surface area contributed by atoms with Gasteiger partial charge in [-0.2, -0.15) is 5.26 Å². The summed E-state index contributed by atoms with van der Waals surface area (Å²) >= 11 is 0. The van der Waals surface area contributed by atoms with Gasteiger partial charge in [0.25, 0.3) is 5.56 Å². The van der Waals surface area contributed by atoms with Gasteiger partial charge < -0.3 is 15.6 Å². The van der Waals surface area contributed by atoms with Crippen LogP contribution in [0.15, 0.2) is 11.1 Å². The Morgan fingerprint density at radius 2 is 2.05 bits per heavy atom. The fourth-order valence-corrected chi connectivity index (χ4v) is 2.20. The van der Waals surface area contributed by atoms with Crippen LogP contribution in [0, 0.1) is 11.3 Å². The minimum atomic E-state index is -0.473. The van der Waals surface area contributed by atoms with Crippen LogP contribution in [-0.4, -0.2) is 46.6 Å². The highest BCUT2D eigenvalue weighted by atomic mass is 16.1. The van der Waals surface area contributed by atoms with Crippen LogP contribution in [0.1, 0.15) is 13.8 Å². The summed E-state index contributed by atoms with van der Waals surface area (Å²) in [5.41, 5.74) is 5.11. The summed E-state index contributed by atoms with van der Waals surface area (Å²) in [5.74, 6) is 0.526. The van der Waals surface area contributed by atoms with Gasteiger partial charge in [0.2, 0.25) is 0 Å². The van der Waals surface area contributed by atoms with E-state index in [1.54, 1.807) is 0 Å². The Bertz CT molecular complexity index is 550. The number of nitrogens with two attached hydrogens (primary N) is 1. The standard InChI is InChI=1S/C12H18N6O/c1-12(2,7-13)18-5-3-17(4-6-18)10-9(14)11(19)16-8-15-10/h8H,3-6,14H2,1-2H3,(H,15,16,19). The molecule has 102 valence electrons. The zero-order valence-electron chi connectivity index (χ0n) is 11.2. The van der Waals surface area contributed by atoms with Crippen molar-refractivity contribution in [3.8, 4) is 6.07 Å². The molecule has 7 nitrogen and oxygen atoms in total. The van der Waals surface area contributed by atoms with E-state index in [4.69, 9.17) is 11.0 Å². The number of rotatable bonds is 2. The van der Waals surface area contributed by atoms with Gasteiger partial charge in [-0.15, -0.1) is 0 Å². The Labute approximate surface area is 111 Å². The van der Waals surface area contributed by atoms with E-state index >= 15 is 0 Å². The van der Waals surface area contributed by atoms with E-state index in [0.717, 1.165) is 13.1 Å². The minimum Gasteiger partial charge on any atom is -0.391 e. The van der Waals surface area contributed by atoms with E-state index in [-0.39, 0.29) is 11.2 Å². The van der Waals surface area contributed by atoms with Crippen molar-refractivity contribution in [2.24, 2.45) is 0 Å². The summed E-state index contributed by atoms with van der Waals surface area (Å²) < 4.78 is 0. The lowest BCUT2D eigenvalue weighted by Crippen LogP contribution is -2.54. The Kier molecular flexibility index (Phi) is 3.44. The molecule has 0 saturated carbocycles. The number of nitrogens with zero attached hydrogens (tertiary/aromatic N) is 4. The number of nitrogens with one attached hydrogen (secondary N) is 1. The van der Waals surface area contributed by atoms with Gasteiger partial charge >= 0.3 is 0 Å². The zero-order chi connectivity index (χ0) is 14.0. The molecule has 1 aliphatic rings. The molecule has 0 amide bonds. The molecule has 0 spiro atoms. The monoisotopic (exact) mass is 262 g/mol. The third-order valence-electron chi connectivity index (χ3n) is 3.51. The SMILES string of the molecule is CC(C)(C#N)N1CCN(c2nc[nH]c(=O)c2N)CC1. The van der Waals surface area contributed by atoms with Gasteiger partial charge in [0, 0.05) is 26.2 Å². The second kappa shape index (κ2) is 4.90. The summed E-state index contributed by atoms with van der Waals surface area (Å²) in [5, 5.41) is 9.13. The molecule has 7 heteroatoms. The molecule has 0 bridgehead atoms. The molecule has 3 N–H and O–H groups in total. The van der Waals surface area contributed by atoms with Gasteiger partial charge in [0.1, 0.15) is 11.2 Å². The van der Waals surface area contributed by atoms with E-state index in [2.05, 4.69) is 20.9 Å². The van der Waals surface area contributed by atoms with Gasteiger partial charge in [0.05, 0.1) is 12.4 Å². The Hall–Kier alpha value is -2.07. The topological polar surface area (TPSA) is 102 Å². The fourth-order valence-electron chi connectivity index (χ4n) is 2.20. The molecule has 2 rings (SSSR count). The first-order valence-corrected chi connectivity index (χ1v) is 6.20. The van der Waals surface area contributed by atoms with Crippen molar-refractivity contribution in [3.63, 3.8) is 0 Å². The number of H-pyrrole nitrogens is 1. The molecule has 1 aliphatic heterocycles. The summed E-state index contributed by atoms with van der Waals surface area (Å²) in [6, 6.07) is 2.30. The highest BCUT2D eigenvalue weighted by Gasteiger charge is 2.30. The predicted octanol–water partition coefficient (Wildman–Crippen LogP) is -0.224. The van der Waals surface area contributed by atoms with Crippen molar-refractivity contribution in [1.82, 2.24) is 14.9 Å². The van der Waals surface area contributed by atoms with Crippen LogP contribution in [0.3, 0.4) is 0 Å². The lowest BCUT2D eigenvalue weighted by molar-refractivity contribution is 0.158. The van der Waals surface area contributed by atoms with Gasteiger partial charge in [0.15, 0.2) is 5.82 Å². The lowest BCUT2D eigenvalue weighted by Gasteiger charge is -2.40. The molecule has 1 fully saturated rings. The smallest absolute Gasteiger partial charge is 0.276 e. The predicted molar refractivity (Wildman–Crippen MR) is 72.7 cm³/mol. The second-order valence-electron chi connectivity index (χ2n) is 5.11. The molecule has 0 radical (unpaired) electrons. The van der Waals surface area contributed by atoms with Crippen LogP contribution in [-0.2, 0) is 0 Å². The number of hydrogen-bond donors (Lipinski definition) is 2. The van der Waals surface area contributed by atoms with E-state index in [0.29, 0.717) is 18.9 Å². The molecule has 1 aromatic rings. The molecule has 1 aromatic heterocycles. The van der Waals surface area contributed by atoms with Crippen LogP contribution in [0.2, 0.25) is 0 Å². The van der Waals surface area contributed by atoms with Crippen molar-refractivity contribution in [1.29, 1.82) is 5.26 Å². The van der Waals surface area contributed by atoms with Crippen LogP contribution in [0.5, 0.6) is 0 Å². The largest absolute Gasteiger partial charge is 0.391 e. The van der Waals surface area contributed by atoms with Crippen LogP contribution in [0.4, 0.5) is 11.5 Å². The van der Waals surface area contributed by atoms with E-state index in [1.165, 1.54) is 6.33 Å². The normalized spacial score (nSPS) is 17.2. The third-order valence-corrected chi connectivity index (χ3v) is 3.51. The maximum Gasteiger partial charge on any atom is 0.276 e. The third kappa shape index (κ3) is 2.53. The molecular formula is C12H18N6O. The molecular weight excluding hydrogens is 244 g/mol. The van der Waals surface area contributed by atoms with Gasteiger partial charge in [-0.1, -0.05) is 0 Å². The van der Waals surface area contributed by atoms with E-state index in [9.17, 15) is 4.79 Å². The van der Waals surface area contributed by atoms with Crippen LogP contribution >= 0.6 is 0 Å². The van der Waals surface area contributed by atoms with Crippen LogP contribution < -0.4 is 16.2 Å². The van der Waals surface area contributed by atoms with Crippen molar-refractivity contribution < 1.29 is 0 Å². The molecule has 0 atom stereocenters. The lowest BCUT2D eigenvalue weighted by atomic mass is 10.0. The van der Waals surface area contributed by atoms with E-state index in [1.807, 2.05) is 18.7 Å². The Morgan fingerprint density at radius 1 is 1.42 bits per heavy atom. The summed E-state index contributed by atoms with van der Waals surface area (Å²) in [7, 11) is 0. The maximum absolute atomic E-state index is 11.5. The Morgan fingerprint density at radius 3 is 2.63 bits per heavy atom. The molecule has 0 aromatic carbocycles. The molecule has 0 unspecified atom stereocenters. The second-order valence-corrected chi connectivity index (χ2v) is 5.11. The fraction of sp³-hybridized carbons (Fsp3) is 0.583. The first kappa shape index (κ1) is 13.4. The number of nitriles is 1. The summed E-state index contributed by atoms with van der Waals surface area (Å²) in [6.07, 6.45) is 1.36. The maximum atomic E-state index is 11.5. The number of aromatic nitrogens is 2. The van der Waals surface area contributed by atoms with Crippen molar-refractivity contribution >= 4 is 11.5 Å². The molecule has 19 heavy (non-hydrogen) atoms. The molecule has 1 saturated heterocycles. The summed E-state index contributed by atoms with van der Waals surface area (Å²) in [6.45, 7) is 6.70. The average molecular weight is 262 g/mol. The number of hydrogen-bond acceptors (Lipinski definition) is 6. The number of piperazine rings is 1. The highest BCUT2D eigenvalue weighted by molar-refractivity contribution is 5.61. The average Bonchev–Trinajstić information content (AvgIpc) is 2.42. The Balaban J connectivity index is 2.11. The van der Waals surface area contributed by atoms with Crippen LogP contribution in [0.25, 0.3) is 0 Å². The minimum absolute atomic E-state index is 0.149. The van der Waals surface area contributed by atoms with Gasteiger partial charge in [-0.25, -0.2) is 4.98 Å². The number of aromatic amines is 1. The van der Waals surface area contributed by atoms with Crippen molar-refractivity contribution in [2.75, 3.05) is 36.8 Å². The van der Waals surface area contributed by atoms with Gasteiger partial charge in [-0.3, -0.25) is 9.69 Å². The van der Waals surface area contributed by atoms with Gasteiger partial charge in [-0.05, 0) is 13.8 Å². The zero-order valence-corrected chi connectivity index (χ0v) is 11.2. The van der Waals surface area contributed by atoms with Crippen molar-refractivity contribution in [2.45, 2.75) is 19.4 Å². The summed E-state index contributed by atoms with van der Waals surface area (Å²) in [4.78, 5) is 22.1. The number of nitrogen functional groups attached to an aromatic ring is 1. The first-order valence-electron chi connectivity index (χ1n) is 6.20. The molecule has 0 aliphatic carbocycles. The first-order chi connectivity index (χ1) is 8.95.